The largest absolute Gasteiger partial charge is 0.395 e. The first-order valence-electron chi connectivity index (χ1n) is 14.8. The van der Waals surface area contributed by atoms with Crippen LogP contribution in [0.25, 0.3) is 0 Å². The Kier molecular flexibility index (Phi) is 9.48. The van der Waals surface area contributed by atoms with Crippen LogP contribution in [-0.4, -0.2) is 34.2 Å². The number of hydrogen-bond acceptors (Lipinski definition) is 6. The Labute approximate surface area is 256 Å². The van der Waals surface area contributed by atoms with E-state index in [4.69, 9.17) is 17.3 Å². The molecule has 2 aromatic carbocycles. The maximum atomic E-state index is 14.6. The molecule has 1 atom stereocenters. The summed E-state index contributed by atoms with van der Waals surface area (Å²) < 4.78 is 4.33. The average Bonchev–Trinajstić information content (AvgIpc) is 3.64. The van der Waals surface area contributed by atoms with Gasteiger partial charge >= 0.3 is 0 Å². The zero-order chi connectivity index (χ0) is 29.8. The lowest BCUT2D eigenvalue weighted by molar-refractivity contribution is -0.123. The van der Waals surface area contributed by atoms with Crippen LogP contribution in [0, 0.1) is 13.8 Å². The van der Waals surface area contributed by atoms with Gasteiger partial charge in [0.1, 0.15) is 10.9 Å². The molecule has 5 rings (SSSR count). The van der Waals surface area contributed by atoms with E-state index in [9.17, 15) is 14.4 Å². The van der Waals surface area contributed by atoms with Gasteiger partial charge in [0.25, 0.3) is 11.8 Å². The van der Waals surface area contributed by atoms with Crippen molar-refractivity contribution < 1.29 is 14.4 Å². The van der Waals surface area contributed by atoms with Crippen LogP contribution in [0.2, 0.25) is 5.02 Å². The number of benzene rings is 2. The molecule has 2 saturated carbocycles. The first-order chi connectivity index (χ1) is 20.2. The summed E-state index contributed by atoms with van der Waals surface area (Å²) in [6.07, 6.45) is 9.05. The molecule has 3 amide bonds. The van der Waals surface area contributed by atoms with Gasteiger partial charge in [0.15, 0.2) is 5.69 Å². The minimum absolute atomic E-state index is 0.0275. The average molecular weight is 608 g/mol. The molecule has 0 aliphatic heterocycles. The lowest BCUT2D eigenvalue weighted by Gasteiger charge is -2.33. The van der Waals surface area contributed by atoms with Crippen LogP contribution < -0.4 is 21.3 Å². The summed E-state index contributed by atoms with van der Waals surface area (Å²) in [5.74, 6) is -1.14. The van der Waals surface area contributed by atoms with E-state index in [-0.39, 0.29) is 40.2 Å². The van der Waals surface area contributed by atoms with E-state index in [1.54, 1.807) is 24.3 Å². The van der Waals surface area contributed by atoms with Crippen LogP contribution >= 0.6 is 23.1 Å². The third-order valence-corrected chi connectivity index (χ3v) is 9.63. The molecule has 42 heavy (non-hydrogen) atoms. The minimum atomic E-state index is -1.00. The van der Waals surface area contributed by atoms with Crippen LogP contribution in [0.4, 0.5) is 11.4 Å². The highest BCUT2D eigenvalue weighted by atomic mass is 35.5. The van der Waals surface area contributed by atoms with E-state index in [0.717, 1.165) is 74.0 Å². The number of amides is 3. The molecule has 2 fully saturated rings. The number of hydrogen-bond donors (Lipinski definition) is 3. The summed E-state index contributed by atoms with van der Waals surface area (Å²) >= 11 is 7.10. The van der Waals surface area contributed by atoms with E-state index >= 15 is 0 Å². The van der Waals surface area contributed by atoms with Crippen molar-refractivity contribution in [3.8, 4) is 0 Å². The second-order valence-electron chi connectivity index (χ2n) is 11.4. The van der Waals surface area contributed by atoms with Gasteiger partial charge in [0.05, 0.1) is 5.69 Å². The molecule has 1 aromatic heterocycles. The van der Waals surface area contributed by atoms with Gasteiger partial charge in [-0.25, -0.2) is 0 Å². The van der Waals surface area contributed by atoms with Gasteiger partial charge in [-0.3, -0.25) is 19.3 Å². The molecule has 2 aliphatic carbocycles. The molecule has 0 bridgehead atoms. The number of aryl methyl sites for hydroxylation is 1. The zero-order valence-electron chi connectivity index (χ0n) is 24.1. The second-order valence-corrected chi connectivity index (χ2v) is 12.6. The number of anilines is 2. The Morgan fingerprint density at radius 1 is 0.929 bits per heavy atom. The van der Waals surface area contributed by atoms with E-state index in [1.165, 1.54) is 11.3 Å². The van der Waals surface area contributed by atoms with Gasteiger partial charge in [-0.1, -0.05) is 68.0 Å². The van der Waals surface area contributed by atoms with Crippen molar-refractivity contribution in [1.82, 2.24) is 15.0 Å². The van der Waals surface area contributed by atoms with E-state index < -0.39 is 11.9 Å². The molecular weight excluding hydrogens is 570 g/mol. The van der Waals surface area contributed by atoms with Crippen molar-refractivity contribution in [1.29, 1.82) is 0 Å². The number of carbonyl (C=O) groups excluding carboxylic acids is 3. The Bertz CT molecular complexity index is 1440. The van der Waals surface area contributed by atoms with Gasteiger partial charge in [0, 0.05) is 22.8 Å². The number of nitrogens with one attached hydrogen (secondary N) is 2. The van der Waals surface area contributed by atoms with E-state index in [2.05, 4.69) is 15.0 Å². The summed E-state index contributed by atoms with van der Waals surface area (Å²) in [5, 5.41) is 6.76. The number of rotatable bonds is 8. The third-order valence-electron chi connectivity index (χ3n) is 8.53. The van der Waals surface area contributed by atoms with Gasteiger partial charge in [0.2, 0.25) is 5.91 Å². The number of nitrogens with zero attached hydrogens (tertiary/aromatic N) is 2. The summed E-state index contributed by atoms with van der Waals surface area (Å²) in [7, 11) is 0. The molecular formula is C32H38ClN5O3S. The molecule has 4 N–H and O–H groups in total. The number of nitrogen functional groups attached to an aromatic ring is 1. The number of aromatic nitrogens is 1. The van der Waals surface area contributed by atoms with Crippen LogP contribution in [0.3, 0.4) is 0 Å². The Morgan fingerprint density at radius 3 is 2.21 bits per heavy atom. The fourth-order valence-corrected chi connectivity index (χ4v) is 6.86. The topological polar surface area (TPSA) is 117 Å². The quantitative estimate of drug-likeness (QED) is 0.270. The predicted molar refractivity (Wildman–Crippen MR) is 168 cm³/mol. The Morgan fingerprint density at radius 2 is 1.55 bits per heavy atom. The molecule has 1 heterocycles. The Balaban J connectivity index is 1.56. The summed E-state index contributed by atoms with van der Waals surface area (Å²) in [6, 6.07) is 11.8. The van der Waals surface area contributed by atoms with Crippen molar-refractivity contribution in [3.05, 3.63) is 74.7 Å². The molecule has 3 aromatic rings. The molecule has 0 radical (unpaired) electrons. The van der Waals surface area contributed by atoms with Crippen molar-refractivity contribution >= 4 is 52.2 Å². The fraction of sp³-hybridized carbons (Fsp3) is 0.438. The standard InChI is InChI=1S/C32H38ClN5O3S/c1-19-9-8-14-25(20(19)2)38(28(21-15-17-22(33)18-16-21)31(40)36-24-12-6-7-13-24)32(41)29-26(34)27(37-42-29)30(39)35-23-10-4-3-5-11-23/h8-9,14-18,23-24,28H,3-7,10-13,34H2,1-2H3,(H,35,39)(H,36,40)/t28-/m1/s1. The van der Waals surface area contributed by atoms with Crippen LogP contribution in [0.1, 0.15) is 101 Å². The number of halogens is 1. The number of nitrogens with two attached hydrogens (primary N) is 1. The predicted octanol–water partition coefficient (Wildman–Crippen LogP) is 6.50. The smallest absolute Gasteiger partial charge is 0.273 e. The van der Waals surface area contributed by atoms with Crippen LogP contribution in [0.5, 0.6) is 0 Å². The molecule has 0 saturated heterocycles. The summed E-state index contributed by atoms with van der Waals surface area (Å²) in [4.78, 5) is 43.4. The van der Waals surface area contributed by atoms with Crippen molar-refractivity contribution in [3.63, 3.8) is 0 Å². The van der Waals surface area contributed by atoms with E-state index in [1.807, 2.05) is 32.0 Å². The normalized spacial score (nSPS) is 16.6. The molecule has 10 heteroatoms. The first-order valence-corrected chi connectivity index (χ1v) is 15.9. The fourth-order valence-electron chi connectivity index (χ4n) is 6.00. The van der Waals surface area contributed by atoms with Gasteiger partial charge in [-0.05, 0) is 86.0 Å². The lowest BCUT2D eigenvalue weighted by Crippen LogP contribution is -2.46. The molecule has 0 spiro atoms. The maximum absolute atomic E-state index is 14.6. The van der Waals surface area contributed by atoms with Gasteiger partial charge in [-0.2, -0.15) is 4.37 Å². The van der Waals surface area contributed by atoms with Crippen LogP contribution in [-0.2, 0) is 4.79 Å². The zero-order valence-corrected chi connectivity index (χ0v) is 25.7. The highest BCUT2D eigenvalue weighted by Crippen LogP contribution is 2.36. The van der Waals surface area contributed by atoms with Gasteiger partial charge < -0.3 is 16.4 Å². The van der Waals surface area contributed by atoms with E-state index in [0.29, 0.717) is 16.3 Å². The monoisotopic (exact) mass is 607 g/mol. The third kappa shape index (κ3) is 6.47. The second kappa shape index (κ2) is 13.3. The highest BCUT2D eigenvalue weighted by molar-refractivity contribution is 7.09. The van der Waals surface area contributed by atoms with Crippen molar-refractivity contribution in [2.45, 2.75) is 89.8 Å². The molecule has 0 unspecified atom stereocenters. The highest BCUT2D eigenvalue weighted by Gasteiger charge is 2.38. The van der Waals surface area contributed by atoms with Crippen molar-refractivity contribution in [2.24, 2.45) is 0 Å². The van der Waals surface area contributed by atoms with Gasteiger partial charge in [-0.15, -0.1) is 0 Å². The summed E-state index contributed by atoms with van der Waals surface area (Å²) in [6.45, 7) is 3.89. The minimum Gasteiger partial charge on any atom is -0.395 e. The maximum Gasteiger partial charge on any atom is 0.273 e. The van der Waals surface area contributed by atoms with Crippen molar-refractivity contribution in [2.75, 3.05) is 10.6 Å². The molecule has 8 nitrogen and oxygen atoms in total. The lowest BCUT2D eigenvalue weighted by atomic mass is 9.95. The van der Waals surface area contributed by atoms with Crippen LogP contribution in [0.15, 0.2) is 42.5 Å². The SMILES string of the molecule is Cc1cccc(N(C(=O)c2snc(C(=O)NC3CCCCC3)c2N)[C@@H](C(=O)NC2CCCC2)c2ccc(Cl)cc2)c1C. The molecule has 2 aliphatic rings. The molecule has 222 valence electrons. The Hall–Kier alpha value is -3.43. The first kappa shape index (κ1) is 30.0. The number of carbonyl (C=O) groups is 3. The summed E-state index contributed by atoms with van der Waals surface area (Å²) in [5.41, 5.74) is 9.59.